The van der Waals surface area contributed by atoms with Gasteiger partial charge in [-0.25, -0.2) is 4.79 Å². The fraction of sp³-hybridized carbons (Fsp3) is 0.273. The van der Waals surface area contributed by atoms with Gasteiger partial charge in [-0.3, -0.25) is 9.59 Å². The Labute approximate surface area is 187 Å². The summed E-state index contributed by atoms with van der Waals surface area (Å²) in [6.07, 6.45) is 0. The fourth-order valence-corrected chi connectivity index (χ4v) is 4.67. The first-order valence-corrected chi connectivity index (χ1v) is 11.5. The van der Waals surface area contributed by atoms with E-state index in [1.807, 2.05) is 19.1 Å². The van der Waals surface area contributed by atoms with Crippen molar-refractivity contribution >= 4 is 51.2 Å². The summed E-state index contributed by atoms with van der Waals surface area (Å²) in [5.41, 5.74) is 1.53. The van der Waals surface area contributed by atoms with Crippen molar-refractivity contribution < 1.29 is 23.9 Å². The zero-order valence-corrected chi connectivity index (χ0v) is 19.0. The highest BCUT2D eigenvalue weighted by atomic mass is 32.2. The molecule has 31 heavy (non-hydrogen) atoms. The van der Waals surface area contributed by atoms with E-state index in [1.54, 1.807) is 53.6 Å². The summed E-state index contributed by atoms with van der Waals surface area (Å²) < 4.78 is 12.2. The first kappa shape index (κ1) is 22.8. The average molecular weight is 459 g/mol. The molecule has 0 saturated carbocycles. The number of amides is 1. The van der Waals surface area contributed by atoms with Crippen LogP contribution < -0.4 is 4.80 Å². The van der Waals surface area contributed by atoms with Crippen molar-refractivity contribution in [1.82, 2.24) is 4.57 Å². The van der Waals surface area contributed by atoms with Crippen molar-refractivity contribution in [3.8, 4) is 0 Å². The van der Waals surface area contributed by atoms with Crippen molar-refractivity contribution in [2.75, 3.05) is 19.5 Å². The van der Waals surface area contributed by atoms with E-state index in [0.717, 1.165) is 10.6 Å². The van der Waals surface area contributed by atoms with Crippen LogP contribution in [0.1, 0.15) is 34.6 Å². The maximum Gasteiger partial charge on any atom is 0.338 e. The highest BCUT2D eigenvalue weighted by Crippen LogP contribution is 2.21. The lowest BCUT2D eigenvalue weighted by atomic mass is 10.2. The third kappa shape index (κ3) is 5.42. The first-order chi connectivity index (χ1) is 15.0. The number of fused-ring (bicyclic) bond motifs is 1. The molecule has 1 amide bonds. The molecule has 1 heterocycles. The maximum atomic E-state index is 12.8. The first-order valence-electron chi connectivity index (χ1n) is 9.66. The number of rotatable bonds is 7. The molecular formula is C22H22N2O5S2. The molecule has 3 rings (SSSR count). The molecular weight excluding hydrogens is 436 g/mol. The number of benzene rings is 2. The number of hydrogen-bond donors (Lipinski definition) is 0. The molecule has 1 aromatic heterocycles. The molecule has 0 aliphatic heterocycles. The average Bonchev–Trinajstić information content (AvgIpc) is 3.10. The lowest BCUT2D eigenvalue weighted by molar-refractivity contribution is -0.141. The van der Waals surface area contributed by atoms with Crippen LogP contribution in [0.5, 0.6) is 0 Å². The normalized spacial score (nSPS) is 11.5. The Bertz CT molecular complexity index is 1200. The van der Waals surface area contributed by atoms with Gasteiger partial charge in [-0.2, -0.15) is 4.99 Å². The predicted molar refractivity (Wildman–Crippen MR) is 121 cm³/mol. The smallest absolute Gasteiger partial charge is 0.338 e. The van der Waals surface area contributed by atoms with E-state index >= 15 is 0 Å². The number of carbonyl (C=O) groups is 3. The number of aromatic nitrogens is 1. The molecule has 0 aliphatic carbocycles. The van der Waals surface area contributed by atoms with Crippen molar-refractivity contribution in [2.45, 2.75) is 25.3 Å². The van der Waals surface area contributed by atoms with Gasteiger partial charge in [0, 0.05) is 10.5 Å². The molecule has 7 nitrogen and oxygen atoms in total. The lowest BCUT2D eigenvalue weighted by Gasteiger charge is -2.05. The maximum absolute atomic E-state index is 12.8. The van der Waals surface area contributed by atoms with Crippen LogP contribution in [0.3, 0.4) is 0 Å². The minimum absolute atomic E-state index is 0.104. The van der Waals surface area contributed by atoms with Crippen molar-refractivity contribution in [2.24, 2.45) is 4.99 Å². The fourth-order valence-electron chi connectivity index (χ4n) is 2.88. The van der Waals surface area contributed by atoms with Gasteiger partial charge in [0.15, 0.2) is 4.80 Å². The number of thiazole rings is 1. The van der Waals surface area contributed by atoms with Crippen LogP contribution in [0.2, 0.25) is 0 Å². The monoisotopic (exact) mass is 458 g/mol. The predicted octanol–water partition coefficient (Wildman–Crippen LogP) is 3.91. The zero-order chi connectivity index (χ0) is 22.4. The Hall–Kier alpha value is -2.91. The second-order valence-corrected chi connectivity index (χ2v) is 8.67. The summed E-state index contributed by atoms with van der Waals surface area (Å²) in [6.45, 7) is 3.95. The molecule has 0 radical (unpaired) electrons. The van der Waals surface area contributed by atoms with Gasteiger partial charge in [-0.15, -0.1) is 11.8 Å². The lowest BCUT2D eigenvalue weighted by Crippen LogP contribution is -2.22. The Morgan fingerprint density at radius 3 is 2.61 bits per heavy atom. The molecule has 0 fully saturated rings. The zero-order valence-electron chi connectivity index (χ0n) is 17.4. The Morgan fingerprint density at radius 1 is 1.10 bits per heavy atom. The van der Waals surface area contributed by atoms with Crippen molar-refractivity contribution in [3.63, 3.8) is 0 Å². The number of nitrogens with zero attached hydrogens (tertiary/aromatic N) is 2. The van der Waals surface area contributed by atoms with Gasteiger partial charge in [0.1, 0.15) is 6.54 Å². The second kappa shape index (κ2) is 10.4. The van der Waals surface area contributed by atoms with E-state index in [4.69, 9.17) is 9.47 Å². The molecule has 3 aromatic rings. The van der Waals surface area contributed by atoms with E-state index in [9.17, 15) is 14.4 Å². The number of ether oxygens (including phenoxy) is 2. The van der Waals surface area contributed by atoms with Gasteiger partial charge >= 0.3 is 11.9 Å². The van der Waals surface area contributed by atoms with E-state index in [2.05, 4.69) is 4.99 Å². The molecule has 0 aliphatic rings. The van der Waals surface area contributed by atoms with Crippen LogP contribution in [0, 0.1) is 0 Å². The molecule has 0 saturated heterocycles. The van der Waals surface area contributed by atoms with Crippen molar-refractivity contribution in [1.29, 1.82) is 0 Å². The molecule has 9 heteroatoms. The van der Waals surface area contributed by atoms with Gasteiger partial charge in [-0.05, 0) is 49.1 Å². The summed E-state index contributed by atoms with van der Waals surface area (Å²) in [4.78, 5) is 42.5. The topological polar surface area (TPSA) is 87.0 Å². The highest BCUT2D eigenvalue weighted by Gasteiger charge is 2.15. The van der Waals surface area contributed by atoms with Crippen LogP contribution in [-0.4, -0.2) is 41.9 Å². The van der Waals surface area contributed by atoms with Gasteiger partial charge in [0.05, 0.1) is 29.5 Å². The largest absolute Gasteiger partial charge is 0.468 e. The number of methoxy groups -OCH3 is 1. The van der Waals surface area contributed by atoms with E-state index in [1.165, 1.54) is 18.4 Å². The minimum Gasteiger partial charge on any atom is -0.468 e. The Balaban J connectivity index is 2.09. The number of thioether (sulfide) groups is 1. The van der Waals surface area contributed by atoms with Crippen LogP contribution in [0.4, 0.5) is 0 Å². The van der Waals surface area contributed by atoms with Crippen LogP contribution in [0.25, 0.3) is 10.2 Å². The van der Waals surface area contributed by atoms with Crippen LogP contribution >= 0.6 is 23.1 Å². The van der Waals surface area contributed by atoms with Gasteiger partial charge in [0.25, 0.3) is 5.91 Å². The number of carbonyl (C=O) groups excluding carboxylic acids is 3. The number of esters is 2. The summed E-state index contributed by atoms with van der Waals surface area (Å²) in [6, 6.07) is 12.3. The molecule has 0 atom stereocenters. The van der Waals surface area contributed by atoms with E-state index in [-0.39, 0.29) is 13.2 Å². The summed E-state index contributed by atoms with van der Waals surface area (Å²) in [7, 11) is 1.30. The minimum atomic E-state index is -0.468. The van der Waals surface area contributed by atoms with E-state index < -0.39 is 17.8 Å². The number of hydrogen-bond acceptors (Lipinski definition) is 7. The third-order valence-electron chi connectivity index (χ3n) is 4.30. The highest BCUT2D eigenvalue weighted by molar-refractivity contribution is 7.99. The Morgan fingerprint density at radius 2 is 1.90 bits per heavy atom. The summed E-state index contributed by atoms with van der Waals surface area (Å²) >= 11 is 2.86. The van der Waals surface area contributed by atoms with Gasteiger partial charge in [0.2, 0.25) is 0 Å². The van der Waals surface area contributed by atoms with Crippen LogP contribution in [0.15, 0.2) is 52.4 Å². The quantitative estimate of drug-likeness (QED) is 0.394. The standard InChI is InChI=1S/C22H22N2O5S2/c1-4-29-21(27)15-9-10-17-18(12-15)31-22(24(17)13-19(25)28-3)23-20(26)14-7-6-8-16(11-14)30-5-2/h6-12H,4-5,13H2,1-3H3. The van der Waals surface area contributed by atoms with Gasteiger partial charge in [-0.1, -0.05) is 24.3 Å². The molecule has 0 unspecified atom stereocenters. The third-order valence-corrected chi connectivity index (χ3v) is 6.22. The van der Waals surface area contributed by atoms with Gasteiger partial charge < -0.3 is 14.0 Å². The second-order valence-electron chi connectivity index (χ2n) is 6.33. The Kier molecular flexibility index (Phi) is 7.64. The van der Waals surface area contributed by atoms with Crippen LogP contribution in [-0.2, 0) is 20.8 Å². The molecule has 2 aromatic carbocycles. The van der Waals surface area contributed by atoms with Crippen molar-refractivity contribution in [3.05, 3.63) is 58.4 Å². The molecule has 0 N–H and O–H groups in total. The SMILES string of the molecule is CCOC(=O)c1ccc2c(c1)sc(=NC(=O)c1cccc(SCC)c1)n2CC(=O)OC. The molecule has 0 bridgehead atoms. The van der Waals surface area contributed by atoms with E-state index in [0.29, 0.717) is 26.1 Å². The molecule has 162 valence electrons. The summed E-state index contributed by atoms with van der Waals surface area (Å²) in [5, 5.41) is 0. The summed E-state index contributed by atoms with van der Waals surface area (Å²) in [5.74, 6) is -0.414. The molecule has 0 spiro atoms.